The summed E-state index contributed by atoms with van der Waals surface area (Å²) in [6.45, 7) is 0. The van der Waals surface area contributed by atoms with E-state index in [0.29, 0.717) is 33.7 Å². The highest BCUT2D eigenvalue weighted by Gasteiger charge is 2.13. The molecule has 6 heteroatoms. The smallest absolute Gasteiger partial charge is 0.255 e. The zero-order valence-electron chi connectivity index (χ0n) is 13.3. The zero-order chi connectivity index (χ0) is 17.4. The molecule has 0 radical (unpaired) electrons. The lowest BCUT2D eigenvalue weighted by atomic mass is 10.1. The van der Waals surface area contributed by atoms with Crippen LogP contribution in [-0.2, 0) is 0 Å². The molecule has 0 saturated carbocycles. The highest BCUT2D eigenvalue weighted by Crippen LogP contribution is 2.34. The summed E-state index contributed by atoms with van der Waals surface area (Å²) in [4.78, 5) is 16.3. The van der Waals surface area contributed by atoms with Gasteiger partial charge >= 0.3 is 0 Å². The van der Waals surface area contributed by atoms with Crippen LogP contribution in [0.5, 0.6) is 11.5 Å². The van der Waals surface area contributed by atoms with Crippen LogP contribution in [0.2, 0.25) is 0 Å². The van der Waals surface area contributed by atoms with Gasteiger partial charge in [-0.05, 0) is 42.5 Å². The topological polar surface area (TPSA) is 77.5 Å². The van der Waals surface area contributed by atoms with Crippen molar-refractivity contribution in [1.82, 2.24) is 9.55 Å². The predicted octanol–water partition coefficient (Wildman–Crippen LogP) is 3.36. The van der Waals surface area contributed by atoms with Gasteiger partial charge in [0.1, 0.15) is 5.75 Å². The van der Waals surface area contributed by atoms with Gasteiger partial charge in [0.05, 0.1) is 7.11 Å². The van der Waals surface area contributed by atoms with Gasteiger partial charge in [-0.2, -0.15) is 0 Å². The Hall–Kier alpha value is -3.54. The number of nitrogens with zero attached hydrogens (tertiary/aromatic N) is 2. The number of oxazole rings is 1. The van der Waals surface area contributed by atoms with Crippen molar-refractivity contribution in [2.45, 2.75) is 0 Å². The minimum atomic E-state index is -0.170. The average Bonchev–Trinajstić information content (AvgIpc) is 3.13. The largest absolute Gasteiger partial charge is 0.505 e. The van der Waals surface area contributed by atoms with Gasteiger partial charge in [-0.3, -0.25) is 9.36 Å². The minimum Gasteiger partial charge on any atom is -0.505 e. The number of phenolic OH excluding ortho intramolecular Hbond substituents is 1. The molecule has 6 nitrogen and oxygen atoms in total. The summed E-state index contributed by atoms with van der Waals surface area (Å²) in [5.41, 5.74) is 2.69. The Kier molecular flexibility index (Phi) is 3.50. The summed E-state index contributed by atoms with van der Waals surface area (Å²) in [6.07, 6.45) is 2.97. The number of methoxy groups -OCH3 is 1. The number of hydrogen-bond donors (Lipinski definition) is 1. The van der Waals surface area contributed by atoms with Crippen LogP contribution in [0.1, 0.15) is 0 Å². The third-order valence-electron chi connectivity index (χ3n) is 4.05. The van der Waals surface area contributed by atoms with Gasteiger partial charge in [0.15, 0.2) is 23.2 Å². The van der Waals surface area contributed by atoms with Crippen molar-refractivity contribution >= 4 is 11.1 Å². The van der Waals surface area contributed by atoms with Gasteiger partial charge in [-0.25, -0.2) is 4.98 Å². The first-order chi connectivity index (χ1) is 12.2. The van der Waals surface area contributed by atoms with Crippen molar-refractivity contribution in [2.75, 3.05) is 7.11 Å². The summed E-state index contributed by atoms with van der Waals surface area (Å²) in [6, 6.07) is 13.8. The second-order valence-electron chi connectivity index (χ2n) is 5.48. The van der Waals surface area contributed by atoms with Crippen molar-refractivity contribution in [3.63, 3.8) is 0 Å². The Balaban J connectivity index is 1.85. The lowest BCUT2D eigenvalue weighted by Gasteiger charge is -2.10. The number of hydrogen-bond acceptors (Lipinski definition) is 5. The highest BCUT2D eigenvalue weighted by molar-refractivity contribution is 5.88. The maximum Gasteiger partial charge on any atom is 0.255 e. The molecule has 2 heterocycles. The van der Waals surface area contributed by atoms with Gasteiger partial charge in [-0.15, -0.1) is 0 Å². The first-order valence-electron chi connectivity index (χ1n) is 7.60. The van der Waals surface area contributed by atoms with Crippen LogP contribution in [-0.4, -0.2) is 21.8 Å². The molecular weight excluding hydrogens is 320 g/mol. The average molecular weight is 334 g/mol. The maximum absolute atomic E-state index is 12.3. The van der Waals surface area contributed by atoms with Gasteiger partial charge in [0.2, 0.25) is 0 Å². The SMILES string of the molecule is COc1ccc(-n2cc(-c3ccc4ocnc4c3O)ccc2=O)cc1. The molecular formula is C19H14N2O4. The van der Waals surface area contributed by atoms with E-state index in [0.717, 1.165) is 0 Å². The van der Waals surface area contributed by atoms with E-state index in [1.165, 1.54) is 17.0 Å². The fourth-order valence-corrected chi connectivity index (χ4v) is 2.74. The summed E-state index contributed by atoms with van der Waals surface area (Å²) >= 11 is 0. The maximum atomic E-state index is 12.3. The Bertz CT molecular complexity index is 1110. The fraction of sp³-hybridized carbons (Fsp3) is 0.0526. The van der Waals surface area contributed by atoms with Crippen molar-refractivity contribution < 1.29 is 14.3 Å². The number of pyridine rings is 1. The molecule has 0 aliphatic heterocycles. The second-order valence-corrected chi connectivity index (χ2v) is 5.48. The van der Waals surface area contributed by atoms with E-state index >= 15 is 0 Å². The summed E-state index contributed by atoms with van der Waals surface area (Å²) < 4.78 is 11.8. The molecule has 124 valence electrons. The summed E-state index contributed by atoms with van der Waals surface area (Å²) in [7, 11) is 1.59. The molecule has 4 aromatic rings. The molecule has 0 atom stereocenters. The van der Waals surface area contributed by atoms with Crippen molar-refractivity contribution in [1.29, 1.82) is 0 Å². The standard InChI is InChI=1S/C19H14N2O4/c1-24-14-5-3-13(4-6-14)21-10-12(2-9-17(21)22)15-7-8-16-18(19(15)23)20-11-25-16/h2-11,23H,1H3. The number of aromatic hydroxyl groups is 1. The quantitative estimate of drug-likeness (QED) is 0.621. The summed E-state index contributed by atoms with van der Waals surface area (Å²) in [5.74, 6) is 0.730. The van der Waals surface area contributed by atoms with Crippen LogP contribution in [0.25, 0.3) is 27.9 Å². The van der Waals surface area contributed by atoms with Crippen LogP contribution < -0.4 is 10.3 Å². The van der Waals surface area contributed by atoms with Crippen LogP contribution in [0.3, 0.4) is 0 Å². The third-order valence-corrected chi connectivity index (χ3v) is 4.05. The van der Waals surface area contributed by atoms with Crippen molar-refractivity contribution in [2.24, 2.45) is 0 Å². The predicted molar refractivity (Wildman–Crippen MR) is 93.3 cm³/mol. The fourth-order valence-electron chi connectivity index (χ4n) is 2.74. The number of aromatic nitrogens is 2. The molecule has 25 heavy (non-hydrogen) atoms. The molecule has 0 unspecified atom stereocenters. The summed E-state index contributed by atoms with van der Waals surface area (Å²) in [5, 5.41) is 10.5. The third kappa shape index (κ3) is 2.53. The van der Waals surface area contributed by atoms with Gasteiger partial charge in [0, 0.05) is 29.1 Å². The van der Waals surface area contributed by atoms with E-state index in [1.54, 1.807) is 55.8 Å². The molecule has 0 fully saturated rings. The van der Waals surface area contributed by atoms with E-state index in [2.05, 4.69) is 4.98 Å². The second kappa shape index (κ2) is 5.83. The first kappa shape index (κ1) is 15.0. The number of phenols is 1. The molecule has 0 saturated heterocycles. The van der Waals surface area contributed by atoms with Crippen LogP contribution in [0, 0.1) is 0 Å². The molecule has 1 N–H and O–H groups in total. The first-order valence-corrected chi connectivity index (χ1v) is 7.60. The normalized spacial score (nSPS) is 10.9. The molecule has 4 rings (SSSR count). The minimum absolute atomic E-state index is 0.0196. The van der Waals surface area contributed by atoms with Gasteiger partial charge < -0.3 is 14.3 Å². The molecule has 0 aliphatic rings. The lowest BCUT2D eigenvalue weighted by Crippen LogP contribution is -2.16. The van der Waals surface area contributed by atoms with E-state index in [-0.39, 0.29) is 11.3 Å². The van der Waals surface area contributed by atoms with Gasteiger partial charge in [-0.1, -0.05) is 0 Å². The number of rotatable bonds is 3. The zero-order valence-corrected chi connectivity index (χ0v) is 13.3. The van der Waals surface area contributed by atoms with Crippen LogP contribution in [0.15, 0.2) is 70.3 Å². The van der Waals surface area contributed by atoms with E-state index in [1.807, 2.05) is 0 Å². The molecule has 2 aromatic carbocycles. The Morgan fingerprint density at radius 3 is 2.64 bits per heavy atom. The van der Waals surface area contributed by atoms with Crippen LogP contribution >= 0.6 is 0 Å². The number of benzene rings is 2. The number of ether oxygens (including phenoxy) is 1. The lowest BCUT2D eigenvalue weighted by molar-refractivity contribution is 0.414. The van der Waals surface area contributed by atoms with E-state index in [4.69, 9.17) is 9.15 Å². The van der Waals surface area contributed by atoms with Crippen LogP contribution in [0.4, 0.5) is 0 Å². The highest BCUT2D eigenvalue weighted by atomic mass is 16.5. The Morgan fingerprint density at radius 1 is 1.08 bits per heavy atom. The van der Waals surface area contributed by atoms with E-state index in [9.17, 15) is 9.90 Å². The van der Waals surface area contributed by atoms with Gasteiger partial charge in [0.25, 0.3) is 5.56 Å². The number of fused-ring (bicyclic) bond motifs is 1. The molecule has 0 aliphatic carbocycles. The monoisotopic (exact) mass is 334 g/mol. The molecule has 0 spiro atoms. The van der Waals surface area contributed by atoms with E-state index < -0.39 is 0 Å². The van der Waals surface area contributed by atoms with Crippen molar-refractivity contribution in [3.8, 4) is 28.3 Å². The van der Waals surface area contributed by atoms with Crippen molar-refractivity contribution in [3.05, 3.63) is 71.5 Å². The molecule has 0 bridgehead atoms. The Morgan fingerprint density at radius 2 is 1.88 bits per heavy atom. The molecule has 2 aromatic heterocycles. The Labute approximate surface area is 142 Å². The molecule has 0 amide bonds.